The van der Waals surface area contributed by atoms with Crippen molar-refractivity contribution in [1.29, 1.82) is 0 Å². The van der Waals surface area contributed by atoms with Gasteiger partial charge >= 0.3 is 0 Å². The molecular formula is C19H19N3O4S. The minimum absolute atomic E-state index is 0.197. The van der Waals surface area contributed by atoms with Crippen molar-refractivity contribution in [2.24, 2.45) is 5.73 Å². The van der Waals surface area contributed by atoms with E-state index in [1.165, 1.54) is 23.3 Å². The van der Waals surface area contributed by atoms with Gasteiger partial charge in [-0.25, -0.2) is 4.98 Å². The average molecular weight is 385 g/mol. The predicted molar refractivity (Wildman–Crippen MR) is 101 cm³/mol. The highest BCUT2D eigenvalue weighted by atomic mass is 32.1. The van der Waals surface area contributed by atoms with Crippen molar-refractivity contribution in [1.82, 2.24) is 9.88 Å². The van der Waals surface area contributed by atoms with Crippen LogP contribution in [0.1, 0.15) is 27.3 Å². The fourth-order valence-corrected chi connectivity index (χ4v) is 3.81. The fourth-order valence-electron chi connectivity index (χ4n) is 2.77. The summed E-state index contributed by atoms with van der Waals surface area (Å²) in [4.78, 5) is 30.0. The molecule has 1 aliphatic heterocycles. The molecule has 27 heavy (non-hydrogen) atoms. The first-order valence-corrected chi connectivity index (χ1v) is 9.05. The van der Waals surface area contributed by atoms with Gasteiger partial charge in [0.2, 0.25) is 5.60 Å². The van der Waals surface area contributed by atoms with Crippen molar-refractivity contribution in [3.63, 3.8) is 0 Å². The second-order valence-electron chi connectivity index (χ2n) is 6.26. The largest absolute Gasteiger partial charge is 0.379 e. The number of rotatable bonds is 4. The van der Waals surface area contributed by atoms with Gasteiger partial charge in [0.05, 0.1) is 11.5 Å². The molecule has 8 heteroatoms. The minimum atomic E-state index is -1.64. The number of hydrogen-bond acceptors (Lipinski definition) is 6. The van der Waals surface area contributed by atoms with E-state index in [0.29, 0.717) is 22.0 Å². The highest BCUT2D eigenvalue weighted by Gasteiger charge is 2.42. The van der Waals surface area contributed by atoms with E-state index >= 15 is 0 Å². The Balaban J connectivity index is 1.91. The summed E-state index contributed by atoms with van der Waals surface area (Å²) in [5.41, 5.74) is 5.33. The molecular weight excluding hydrogens is 366 g/mol. The van der Waals surface area contributed by atoms with Crippen molar-refractivity contribution >= 4 is 23.2 Å². The fraction of sp³-hybridized carbons (Fsp3) is 0.316. The van der Waals surface area contributed by atoms with Crippen LogP contribution < -0.4 is 5.73 Å². The third-order valence-corrected chi connectivity index (χ3v) is 5.32. The van der Waals surface area contributed by atoms with Gasteiger partial charge in [-0.1, -0.05) is 24.0 Å². The number of carbonyl (C=O) groups excluding carboxylic acids is 2. The maximum absolute atomic E-state index is 12.0. The molecule has 1 aromatic carbocycles. The van der Waals surface area contributed by atoms with Crippen molar-refractivity contribution < 1.29 is 19.4 Å². The number of ether oxygens (including phenoxy) is 1. The zero-order valence-electron chi connectivity index (χ0n) is 15.0. The van der Waals surface area contributed by atoms with Crippen LogP contribution in [0.15, 0.2) is 24.3 Å². The van der Waals surface area contributed by atoms with Crippen LogP contribution in [0.25, 0.3) is 10.6 Å². The molecule has 3 rings (SSSR count). The summed E-state index contributed by atoms with van der Waals surface area (Å²) in [6.07, 6.45) is 0.282. The highest BCUT2D eigenvalue weighted by Crippen LogP contribution is 2.29. The van der Waals surface area contributed by atoms with Gasteiger partial charge < -0.3 is 20.5 Å². The summed E-state index contributed by atoms with van der Waals surface area (Å²) in [5, 5.41) is 11.0. The Hall–Kier alpha value is -2.73. The van der Waals surface area contributed by atoms with E-state index in [0.717, 1.165) is 5.56 Å². The average Bonchev–Trinajstić information content (AvgIpc) is 3.18. The molecule has 0 bridgehead atoms. The lowest BCUT2D eigenvalue weighted by molar-refractivity contribution is -0.137. The van der Waals surface area contributed by atoms with Gasteiger partial charge in [0, 0.05) is 38.2 Å². The first-order chi connectivity index (χ1) is 12.8. The van der Waals surface area contributed by atoms with Crippen LogP contribution in [0.4, 0.5) is 0 Å². The van der Waals surface area contributed by atoms with Crippen LogP contribution in [0, 0.1) is 11.8 Å². The summed E-state index contributed by atoms with van der Waals surface area (Å²) in [6.45, 7) is 0.722. The van der Waals surface area contributed by atoms with Gasteiger partial charge in [0.15, 0.2) is 0 Å². The lowest BCUT2D eigenvalue weighted by Gasteiger charge is -2.13. The number of likely N-dealkylation sites (tertiary alicyclic amines) is 1. The van der Waals surface area contributed by atoms with Crippen molar-refractivity contribution in [3.05, 3.63) is 40.4 Å². The van der Waals surface area contributed by atoms with Gasteiger partial charge in [-0.15, -0.1) is 11.3 Å². The molecule has 140 valence electrons. The number of hydrogen-bond donors (Lipinski definition) is 2. The molecule has 7 nitrogen and oxygen atoms in total. The zero-order chi connectivity index (χ0) is 19.6. The molecule has 1 saturated heterocycles. The van der Waals surface area contributed by atoms with Crippen molar-refractivity contribution in [2.45, 2.75) is 18.6 Å². The number of aliphatic hydroxyl groups is 1. The van der Waals surface area contributed by atoms with Gasteiger partial charge in [-0.3, -0.25) is 9.59 Å². The van der Waals surface area contributed by atoms with Crippen LogP contribution in [0.5, 0.6) is 0 Å². The summed E-state index contributed by atoms with van der Waals surface area (Å²) in [7, 11) is 3.17. The number of methoxy groups -OCH3 is 1. The Morgan fingerprint density at radius 2 is 2.30 bits per heavy atom. The van der Waals surface area contributed by atoms with E-state index in [-0.39, 0.29) is 24.6 Å². The highest BCUT2D eigenvalue weighted by molar-refractivity contribution is 7.15. The molecule has 2 aromatic rings. The third kappa shape index (κ3) is 3.85. The number of amides is 2. The second kappa shape index (κ2) is 7.48. The minimum Gasteiger partial charge on any atom is -0.379 e. The molecule has 0 unspecified atom stereocenters. The monoisotopic (exact) mass is 385 g/mol. The molecule has 0 saturated carbocycles. The number of nitrogens with two attached hydrogens (primary N) is 1. The first kappa shape index (κ1) is 19.0. The lowest BCUT2D eigenvalue weighted by Crippen LogP contribution is -2.37. The van der Waals surface area contributed by atoms with Crippen molar-refractivity contribution in [2.75, 3.05) is 20.7 Å². The van der Waals surface area contributed by atoms with Crippen LogP contribution in [0.2, 0.25) is 0 Å². The maximum atomic E-state index is 12.0. The molecule has 0 aliphatic carbocycles. The molecule has 0 radical (unpaired) electrons. The summed E-state index contributed by atoms with van der Waals surface area (Å²) in [5.74, 6) is 4.57. The Kier molecular flexibility index (Phi) is 5.28. The van der Waals surface area contributed by atoms with E-state index < -0.39 is 11.5 Å². The van der Waals surface area contributed by atoms with E-state index in [4.69, 9.17) is 10.5 Å². The van der Waals surface area contributed by atoms with E-state index in [2.05, 4.69) is 16.8 Å². The van der Waals surface area contributed by atoms with Gasteiger partial charge in [-0.05, 0) is 12.1 Å². The molecule has 1 fully saturated rings. The van der Waals surface area contributed by atoms with Gasteiger partial charge in [0.1, 0.15) is 10.7 Å². The SMILES string of the molecule is COCc1sc(-c2cccc(C#C[C@]3(O)CCN(C)C3=O)c2)nc1C(N)=O. The molecule has 1 aromatic heterocycles. The predicted octanol–water partition coefficient (Wildman–Crippen LogP) is 1.00. The van der Waals surface area contributed by atoms with Gasteiger partial charge in [0.25, 0.3) is 11.8 Å². The van der Waals surface area contributed by atoms with Crippen LogP contribution in [-0.2, 0) is 16.1 Å². The number of carbonyl (C=O) groups is 2. The first-order valence-electron chi connectivity index (χ1n) is 8.24. The summed E-state index contributed by atoms with van der Waals surface area (Å²) < 4.78 is 5.09. The Morgan fingerprint density at radius 3 is 2.93 bits per heavy atom. The molecule has 0 spiro atoms. The maximum Gasteiger partial charge on any atom is 0.268 e. The standard InChI is InChI=1S/C19H19N3O4S/c1-22-9-8-19(25,18(22)24)7-6-12-4-3-5-13(10-12)17-21-15(16(20)23)14(27-17)11-26-2/h3-5,10,25H,8-9,11H2,1-2H3,(H2,20,23)/t19-/m0/s1. The molecule has 3 N–H and O–H groups in total. The molecule has 2 amide bonds. The normalized spacial score (nSPS) is 19.1. The number of thiazole rings is 1. The zero-order valence-corrected chi connectivity index (χ0v) is 15.8. The topological polar surface area (TPSA) is 106 Å². The quantitative estimate of drug-likeness (QED) is 0.764. The smallest absolute Gasteiger partial charge is 0.268 e. The van der Waals surface area contributed by atoms with Crippen LogP contribution >= 0.6 is 11.3 Å². The lowest BCUT2D eigenvalue weighted by atomic mass is 10.0. The molecule has 1 atom stereocenters. The van der Waals surface area contributed by atoms with Crippen molar-refractivity contribution in [3.8, 4) is 22.4 Å². The van der Waals surface area contributed by atoms with Crippen LogP contribution in [-0.4, -0.2) is 53.1 Å². The van der Waals surface area contributed by atoms with Gasteiger partial charge in [-0.2, -0.15) is 0 Å². The van der Waals surface area contributed by atoms with E-state index in [1.807, 2.05) is 6.07 Å². The Labute approximate surface area is 160 Å². The third-order valence-electron chi connectivity index (χ3n) is 4.24. The van der Waals surface area contributed by atoms with E-state index in [1.54, 1.807) is 25.2 Å². The Morgan fingerprint density at radius 1 is 1.52 bits per heavy atom. The number of benzene rings is 1. The van der Waals surface area contributed by atoms with E-state index in [9.17, 15) is 14.7 Å². The Bertz CT molecular complexity index is 959. The molecule has 2 heterocycles. The molecule has 1 aliphatic rings. The number of likely N-dealkylation sites (N-methyl/N-ethyl adjacent to an activating group) is 1. The second-order valence-corrected chi connectivity index (χ2v) is 7.34. The number of primary amides is 1. The summed E-state index contributed by atoms with van der Waals surface area (Å²) >= 11 is 1.32. The van der Waals surface area contributed by atoms with Crippen LogP contribution in [0.3, 0.4) is 0 Å². The number of aromatic nitrogens is 1. The summed E-state index contributed by atoms with van der Waals surface area (Å²) in [6, 6.07) is 7.21. The number of nitrogens with zero attached hydrogens (tertiary/aromatic N) is 2.